The summed E-state index contributed by atoms with van der Waals surface area (Å²) in [6.45, 7) is 5.07. The van der Waals surface area contributed by atoms with Gasteiger partial charge in [-0.25, -0.2) is 9.97 Å². The Morgan fingerprint density at radius 2 is 1.97 bits per heavy atom. The standard InChI is InChI=1S/C27H37N9O3/c1-2-3-21(6-10-37)32-26-25-22(33-27(28)34-26)14-31-36(25)15-23-20(17-38)12-19(13-30-23)18-4-8-35(9-5-18)16-24-29-7-11-39-24/h7,11-14,18,21,37-38H,2-6,8-10,15-17H2,1H3,(H3,28,32,33,34)/t21-/m0/s1. The minimum atomic E-state index is -0.109. The van der Waals surface area contributed by atoms with Gasteiger partial charge in [0.2, 0.25) is 11.8 Å². The van der Waals surface area contributed by atoms with E-state index >= 15 is 0 Å². The number of oxazole rings is 1. The van der Waals surface area contributed by atoms with E-state index in [1.807, 2.05) is 6.20 Å². The number of rotatable bonds is 12. The van der Waals surface area contributed by atoms with Crippen molar-refractivity contribution in [3.05, 3.63) is 53.6 Å². The van der Waals surface area contributed by atoms with Crippen LogP contribution in [0.5, 0.6) is 0 Å². The Balaban J connectivity index is 1.33. The van der Waals surface area contributed by atoms with Crippen molar-refractivity contribution >= 4 is 22.8 Å². The minimum absolute atomic E-state index is 0.0491. The second kappa shape index (κ2) is 12.5. The molecule has 5 rings (SSSR count). The van der Waals surface area contributed by atoms with Gasteiger partial charge in [0.1, 0.15) is 17.3 Å². The van der Waals surface area contributed by atoms with Crippen LogP contribution in [0.1, 0.15) is 67.7 Å². The lowest BCUT2D eigenvalue weighted by Gasteiger charge is -2.31. The van der Waals surface area contributed by atoms with E-state index < -0.39 is 0 Å². The Bertz CT molecular complexity index is 1340. The predicted molar refractivity (Wildman–Crippen MR) is 147 cm³/mol. The van der Waals surface area contributed by atoms with Crippen molar-refractivity contribution in [2.45, 2.75) is 70.7 Å². The molecular weight excluding hydrogens is 498 g/mol. The Morgan fingerprint density at radius 3 is 2.69 bits per heavy atom. The quantitative estimate of drug-likeness (QED) is 0.211. The third kappa shape index (κ3) is 6.35. The predicted octanol–water partition coefficient (Wildman–Crippen LogP) is 2.67. The number of piperidine rings is 1. The molecule has 12 nitrogen and oxygen atoms in total. The molecule has 0 saturated carbocycles. The maximum absolute atomic E-state index is 10.2. The van der Waals surface area contributed by atoms with Crippen molar-refractivity contribution in [1.82, 2.24) is 34.6 Å². The number of hydrogen-bond acceptors (Lipinski definition) is 11. The summed E-state index contributed by atoms with van der Waals surface area (Å²) in [4.78, 5) is 20.2. The van der Waals surface area contributed by atoms with Gasteiger partial charge in [-0.05, 0) is 56.3 Å². The number of fused-ring (bicyclic) bond motifs is 1. The fraction of sp³-hybridized carbons (Fsp3) is 0.519. The van der Waals surface area contributed by atoms with E-state index in [4.69, 9.17) is 15.1 Å². The van der Waals surface area contributed by atoms with Crippen LogP contribution in [0.4, 0.5) is 11.8 Å². The topological polar surface area (TPSA) is 164 Å². The van der Waals surface area contributed by atoms with Crippen LogP contribution in [0.25, 0.3) is 11.0 Å². The molecule has 5 N–H and O–H groups in total. The fourth-order valence-electron chi connectivity index (χ4n) is 5.37. The smallest absolute Gasteiger partial charge is 0.222 e. The van der Waals surface area contributed by atoms with Gasteiger partial charge >= 0.3 is 0 Å². The molecule has 39 heavy (non-hydrogen) atoms. The van der Waals surface area contributed by atoms with E-state index in [2.05, 4.69) is 43.3 Å². The molecule has 1 aliphatic heterocycles. The van der Waals surface area contributed by atoms with E-state index in [1.165, 1.54) is 0 Å². The molecule has 0 amide bonds. The van der Waals surface area contributed by atoms with Crippen LogP contribution in [-0.2, 0) is 19.7 Å². The summed E-state index contributed by atoms with van der Waals surface area (Å²) in [6.07, 6.45) is 11.4. The van der Waals surface area contributed by atoms with E-state index in [0.717, 1.165) is 73.5 Å². The van der Waals surface area contributed by atoms with Gasteiger partial charge in [0, 0.05) is 24.4 Å². The highest BCUT2D eigenvalue weighted by Crippen LogP contribution is 2.30. The molecule has 208 valence electrons. The van der Waals surface area contributed by atoms with Crippen LogP contribution in [0.3, 0.4) is 0 Å². The number of nitrogens with two attached hydrogens (primary N) is 1. The molecule has 4 aromatic rings. The van der Waals surface area contributed by atoms with E-state index in [1.54, 1.807) is 23.3 Å². The number of nitrogens with one attached hydrogen (secondary N) is 1. The van der Waals surface area contributed by atoms with Gasteiger partial charge in [-0.3, -0.25) is 14.6 Å². The number of nitrogen functional groups attached to an aromatic ring is 1. The monoisotopic (exact) mass is 535 g/mol. The highest BCUT2D eigenvalue weighted by atomic mass is 16.3. The van der Waals surface area contributed by atoms with Crippen LogP contribution in [-0.4, -0.2) is 70.6 Å². The number of pyridine rings is 1. The maximum Gasteiger partial charge on any atom is 0.222 e. The average Bonchev–Trinajstić information content (AvgIpc) is 3.60. The minimum Gasteiger partial charge on any atom is -0.448 e. The molecule has 0 aliphatic carbocycles. The summed E-state index contributed by atoms with van der Waals surface area (Å²) < 4.78 is 7.18. The molecule has 0 unspecified atom stereocenters. The van der Waals surface area contributed by atoms with Gasteiger partial charge in [0.05, 0.1) is 37.8 Å². The molecule has 1 atom stereocenters. The highest BCUT2D eigenvalue weighted by molar-refractivity contribution is 5.86. The van der Waals surface area contributed by atoms with Crippen molar-refractivity contribution < 1.29 is 14.6 Å². The fourth-order valence-corrected chi connectivity index (χ4v) is 5.37. The van der Waals surface area contributed by atoms with Crippen molar-refractivity contribution in [3.63, 3.8) is 0 Å². The van der Waals surface area contributed by atoms with Crippen molar-refractivity contribution in [3.8, 4) is 0 Å². The lowest BCUT2D eigenvalue weighted by Crippen LogP contribution is -2.32. The van der Waals surface area contributed by atoms with Crippen molar-refractivity contribution in [2.75, 3.05) is 30.7 Å². The number of aliphatic hydroxyl groups is 2. The normalized spacial score (nSPS) is 15.7. The van der Waals surface area contributed by atoms with Gasteiger partial charge < -0.3 is 25.7 Å². The number of likely N-dealkylation sites (tertiary alicyclic amines) is 1. The van der Waals surface area contributed by atoms with Crippen LogP contribution in [0.15, 0.2) is 35.3 Å². The third-order valence-electron chi connectivity index (χ3n) is 7.41. The molecule has 0 spiro atoms. The maximum atomic E-state index is 10.2. The molecule has 0 aromatic carbocycles. The summed E-state index contributed by atoms with van der Waals surface area (Å²) in [5.74, 6) is 1.88. The summed E-state index contributed by atoms with van der Waals surface area (Å²) >= 11 is 0. The lowest BCUT2D eigenvalue weighted by molar-refractivity contribution is 0.187. The SMILES string of the molecule is CCC[C@@H](CCO)Nc1nc(N)nc2cnn(Cc3ncc(C4CCN(Cc5ncco5)CC4)cc3CO)c12. The van der Waals surface area contributed by atoms with Gasteiger partial charge in [0.15, 0.2) is 5.82 Å². The molecule has 1 aliphatic rings. The van der Waals surface area contributed by atoms with Gasteiger partial charge in [-0.15, -0.1) is 0 Å². The molecule has 1 saturated heterocycles. The van der Waals surface area contributed by atoms with Gasteiger partial charge in [0.25, 0.3) is 0 Å². The second-order valence-electron chi connectivity index (χ2n) is 10.1. The first-order valence-electron chi connectivity index (χ1n) is 13.6. The van der Waals surface area contributed by atoms with Crippen molar-refractivity contribution in [2.24, 2.45) is 0 Å². The largest absolute Gasteiger partial charge is 0.448 e. The van der Waals surface area contributed by atoms with Crippen molar-refractivity contribution in [1.29, 1.82) is 0 Å². The molecule has 4 aromatic heterocycles. The van der Waals surface area contributed by atoms with Crippen LogP contribution in [0, 0.1) is 0 Å². The first-order valence-corrected chi connectivity index (χ1v) is 13.6. The first-order chi connectivity index (χ1) is 19.1. The summed E-state index contributed by atoms with van der Waals surface area (Å²) in [7, 11) is 0. The summed E-state index contributed by atoms with van der Waals surface area (Å²) in [6, 6.07) is 2.13. The number of aromatic nitrogens is 6. The van der Waals surface area contributed by atoms with E-state index in [9.17, 15) is 10.2 Å². The van der Waals surface area contributed by atoms with Crippen LogP contribution in [0.2, 0.25) is 0 Å². The highest BCUT2D eigenvalue weighted by Gasteiger charge is 2.23. The van der Waals surface area contributed by atoms with Crippen LogP contribution >= 0.6 is 0 Å². The zero-order valence-corrected chi connectivity index (χ0v) is 22.3. The average molecular weight is 536 g/mol. The molecule has 0 radical (unpaired) electrons. The molecule has 5 heterocycles. The van der Waals surface area contributed by atoms with E-state index in [-0.39, 0.29) is 25.2 Å². The summed E-state index contributed by atoms with van der Waals surface area (Å²) in [5.41, 5.74) is 10.0. The Kier molecular flexibility index (Phi) is 8.64. The Hall–Kier alpha value is -3.61. The van der Waals surface area contributed by atoms with Gasteiger partial charge in [-0.1, -0.05) is 13.3 Å². The Labute approximate surface area is 227 Å². The zero-order chi connectivity index (χ0) is 27.2. The number of aliphatic hydroxyl groups excluding tert-OH is 2. The number of anilines is 2. The molecule has 0 bridgehead atoms. The molecular formula is C27H37N9O3. The second-order valence-corrected chi connectivity index (χ2v) is 10.1. The molecule has 1 fully saturated rings. The first kappa shape index (κ1) is 27.0. The third-order valence-corrected chi connectivity index (χ3v) is 7.41. The van der Waals surface area contributed by atoms with Crippen LogP contribution < -0.4 is 11.1 Å². The number of hydrogen-bond donors (Lipinski definition) is 4. The summed E-state index contributed by atoms with van der Waals surface area (Å²) in [5, 5.41) is 27.7. The van der Waals surface area contributed by atoms with Gasteiger partial charge in [-0.2, -0.15) is 10.1 Å². The molecule has 12 heteroatoms. The lowest BCUT2D eigenvalue weighted by atomic mass is 9.89. The van der Waals surface area contributed by atoms with E-state index in [0.29, 0.717) is 30.2 Å². The number of nitrogens with zero attached hydrogens (tertiary/aromatic N) is 7. The Morgan fingerprint density at radius 1 is 1.13 bits per heavy atom. The zero-order valence-electron chi connectivity index (χ0n) is 22.3.